The number of hydrogen-bond donors (Lipinski definition) is 1. The van der Waals surface area contributed by atoms with Gasteiger partial charge in [0, 0.05) is 25.4 Å². The number of carbonyl (C=O) groups is 3. The van der Waals surface area contributed by atoms with Crippen LogP contribution < -0.4 is 4.90 Å². The Kier molecular flexibility index (Phi) is 7.05. The highest BCUT2D eigenvalue weighted by Crippen LogP contribution is 2.59. The summed E-state index contributed by atoms with van der Waals surface area (Å²) in [6.07, 6.45) is 3.41. The molecule has 2 amide bonds. The summed E-state index contributed by atoms with van der Waals surface area (Å²) in [4.78, 5) is 44.5. The second-order valence-electron chi connectivity index (χ2n) is 10.0. The van der Waals surface area contributed by atoms with Gasteiger partial charge in [-0.3, -0.25) is 14.4 Å². The van der Waals surface area contributed by atoms with Crippen LogP contribution in [0.15, 0.2) is 55.1 Å². The zero-order chi connectivity index (χ0) is 26.2. The van der Waals surface area contributed by atoms with E-state index < -0.39 is 35.6 Å². The van der Waals surface area contributed by atoms with Gasteiger partial charge in [0.1, 0.15) is 11.6 Å². The van der Waals surface area contributed by atoms with Crippen LogP contribution in [0.25, 0.3) is 10.8 Å². The van der Waals surface area contributed by atoms with E-state index in [1.165, 1.54) is 0 Å². The predicted molar refractivity (Wildman–Crippen MR) is 139 cm³/mol. The van der Waals surface area contributed by atoms with Crippen LogP contribution in [0.4, 0.5) is 5.69 Å². The summed E-state index contributed by atoms with van der Waals surface area (Å²) in [5.41, 5.74) is -0.369. The summed E-state index contributed by atoms with van der Waals surface area (Å²) < 4.78 is 11.8. The molecule has 3 aliphatic rings. The number of hydrogen-bond acceptors (Lipinski definition) is 6. The normalized spacial score (nSPS) is 27.9. The molecule has 2 aromatic rings. The zero-order valence-corrected chi connectivity index (χ0v) is 21.2. The molecule has 0 aliphatic carbocycles. The molecule has 2 aromatic carbocycles. The van der Waals surface area contributed by atoms with Gasteiger partial charge in [0.15, 0.2) is 0 Å². The van der Waals surface area contributed by atoms with E-state index >= 15 is 0 Å². The number of ether oxygens (including phenoxy) is 2. The summed E-state index contributed by atoms with van der Waals surface area (Å²) in [7, 11) is 0. The Bertz CT molecular complexity index is 1210. The van der Waals surface area contributed by atoms with Gasteiger partial charge in [0.05, 0.1) is 24.5 Å². The summed E-state index contributed by atoms with van der Waals surface area (Å²) in [5.74, 6) is -2.40. The predicted octanol–water partition coefficient (Wildman–Crippen LogP) is 3.07. The Morgan fingerprint density at radius 1 is 1.24 bits per heavy atom. The quantitative estimate of drug-likeness (QED) is 0.302. The maximum Gasteiger partial charge on any atom is 0.312 e. The molecule has 0 saturated carbocycles. The molecule has 8 nitrogen and oxygen atoms in total. The molecule has 0 aromatic heterocycles. The molecule has 1 spiro atoms. The van der Waals surface area contributed by atoms with Crippen molar-refractivity contribution in [2.24, 2.45) is 11.8 Å². The first kappa shape index (κ1) is 25.4. The van der Waals surface area contributed by atoms with Crippen LogP contribution in [0, 0.1) is 11.8 Å². The fourth-order valence-electron chi connectivity index (χ4n) is 6.52. The van der Waals surface area contributed by atoms with Gasteiger partial charge in [-0.25, -0.2) is 0 Å². The highest BCUT2D eigenvalue weighted by molar-refractivity contribution is 6.05. The number of carbonyl (C=O) groups excluding carboxylic acids is 3. The number of unbranched alkanes of at least 4 members (excludes halogenated alkanes) is 1. The van der Waals surface area contributed by atoms with Gasteiger partial charge in [-0.1, -0.05) is 36.4 Å². The standard InChI is InChI=1S/C29H34N2O6/c1-3-15-30(21-12-11-19-9-5-6-10-20(19)18-21)27(34)25-29-14-13-22(37-29)23(28(35)36-4-2)24(29)26(33)31(25)16-7-8-17-32/h3,5-6,9-12,18,22-25,32H,1,4,7-8,13-17H2,2H3/t22-,23+,24+,25-,29+/m0/s1. The lowest BCUT2D eigenvalue weighted by Crippen LogP contribution is -2.56. The minimum absolute atomic E-state index is 0.00107. The molecule has 0 unspecified atom stereocenters. The van der Waals surface area contributed by atoms with Crippen molar-refractivity contribution in [3.8, 4) is 0 Å². The van der Waals surface area contributed by atoms with E-state index in [-0.39, 0.29) is 31.6 Å². The Balaban J connectivity index is 1.55. The van der Waals surface area contributed by atoms with Crippen LogP contribution in [0.2, 0.25) is 0 Å². The third kappa shape index (κ3) is 4.12. The monoisotopic (exact) mass is 506 g/mol. The highest BCUT2D eigenvalue weighted by Gasteiger charge is 2.75. The number of rotatable bonds is 10. The van der Waals surface area contributed by atoms with Crippen molar-refractivity contribution in [1.29, 1.82) is 0 Å². The fraction of sp³-hybridized carbons (Fsp3) is 0.483. The van der Waals surface area contributed by atoms with Crippen molar-refractivity contribution < 1.29 is 29.0 Å². The minimum atomic E-state index is -1.08. The number of aliphatic hydroxyl groups is 1. The molecular weight excluding hydrogens is 472 g/mol. The Labute approximate surface area is 216 Å². The van der Waals surface area contributed by atoms with E-state index in [2.05, 4.69) is 6.58 Å². The molecule has 0 radical (unpaired) electrons. The van der Waals surface area contributed by atoms with Crippen molar-refractivity contribution in [3.05, 3.63) is 55.1 Å². The largest absolute Gasteiger partial charge is 0.466 e. The van der Waals surface area contributed by atoms with E-state index in [9.17, 15) is 19.5 Å². The number of anilines is 1. The van der Waals surface area contributed by atoms with Crippen LogP contribution in [-0.4, -0.2) is 71.8 Å². The van der Waals surface area contributed by atoms with Gasteiger partial charge in [-0.2, -0.15) is 0 Å². The van der Waals surface area contributed by atoms with E-state index in [1.807, 2.05) is 42.5 Å². The Morgan fingerprint density at radius 2 is 2.03 bits per heavy atom. The second kappa shape index (κ2) is 10.3. The number of benzene rings is 2. The van der Waals surface area contributed by atoms with E-state index in [0.29, 0.717) is 37.9 Å². The van der Waals surface area contributed by atoms with E-state index in [4.69, 9.17) is 9.47 Å². The molecule has 3 fully saturated rings. The smallest absolute Gasteiger partial charge is 0.312 e. The third-order valence-corrected chi connectivity index (χ3v) is 8.02. The number of amides is 2. The molecule has 37 heavy (non-hydrogen) atoms. The van der Waals surface area contributed by atoms with Crippen molar-refractivity contribution in [2.45, 2.75) is 50.4 Å². The van der Waals surface area contributed by atoms with Gasteiger partial charge in [-0.15, -0.1) is 6.58 Å². The van der Waals surface area contributed by atoms with Crippen LogP contribution in [0.1, 0.15) is 32.6 Å². The van der Waals surface area contributed by atoms with Crippen molar-refractivity contribution in [1.82, 2.24) is 4.90 Å². The first-order chi connectivity index (χ1) is 18.0. The minimum Gasteiger partial charge on any atom is -0.466 e. The first-order valence-electron chi connectivity index (χ1n) is 13.1. The summed E-state index contributed by atoms with van der Waals surface area (Å²) in [6, 6.07) is 12.9. The van der Waals surface area contributed by atoms with Gasteiger partial charge >= 0.3 is 5.97 Å². The third-order valence-electron chi connectivity index (χ3n) is 8.02. The SMILES string of the molecule is C=CCN(C(=O)[C@@H]1N(CCCCO)C(=O)[C@H]2[C@H](C(=O)OCC)[C@@H]3CC[C@]12O3)c1ccc2ccccc2c1. The molecule has 5 atom stereocenters. The van der Waals surface area contributed by atoms with Gasteiger partial charge < -0.3 is 24.4 Å². The number of aliphatic hydroxyl groups excluding tert-OH is 1. The molecule has 8 heteroatoms. The van der Waals surface area contributed by atoms with Crippen LogP contribution in [0.5, 0.6) is 0 Å². The molecule has 3 aliphatic heterocycles. The number of nitrogens with zero attached hydrogens (tertiary/aromatic N) is 2. The number of likely N-dealkylation sites (tertiary alicyclic amines) is 1. The number of esters is 1. The van der Waals surface area contributed by atoms with E-state index in [0.717, 1.165) is 10.8 Å². The Hall–Kier alpha value is -3.23. The second-order valence-corrected chi connectivity index (χ2v) is 10.0. The number of fused-ring (bicyclic) bond motifs is 2. The zero-order valence-electron chi connectivity index (χ0n) is 21.2. The highest BCUT2D eigenvalue weighted by atomic mass is 16.6. The average Bonchev–Trinajstić information content (AvgIpc) is 3.54. The average molecular weight is 507 g/mol. The van der Waals surface area contributed by atoms with Gasteiger partial charge in [-0.05, 0) is 55.5 Å². The first-order valence-corrected chi connectivity index (χ1v) is 13.1. The summed E-state index contributed by atoms with van der Waals surface area (Å²) >= 11 is 0. The lowest BCUT2D eigenvalue weighted by molar-refractivity contribution is -0.154. The lowest BCUT2D eigenvalue weighted by Gasteiger charge is -2.36. The maximum atomic E-state index is 14.4. The molecule has 3 heterocycles. The molecular formula is C29H34N2O6. The van der Waals surface area contributed by atoms with Crippen LogP contribution >= 0.6 is 0 Å². The van der Waals surface area contributed by atoms with Gasteiger partial charge in [0.2, 0.25) is 5.91 Å². The van der Waals surface area contributed by atoms with Crippen molar-refractivity contribution in [2.75, 3.05) is 31.2 Å². The Morgan fingerprint density at radius 3 is 2.76 bits per heavy atom. The van der Waals surface area contributed by atoms with Crippen LogP contribution in [0.3, 0.4) is 0 Å². The summed E-state index contributed by atoms with van der Waals surface area (Å²) in [5, 5.41) is 11.4. The van der Waals surface area contributed by atoms with Gasteiger partial charge in [0.25, 0.3) is 5.91 Å². The molecule has 1 N–H and O–H groups in total. The summed E-state index contributed by atoms with van der Waals surface area (Å²) in [6.45, 7) is 6.38. The van der Waals surface area contributed by atoms with Crippen molar-refractivity contribution >= 4 is 34.2 Å². The molecule has 2 bridgehead atoms. The molecule has 196 valence electrons. The lowest BCUT2D eigenvalue weighted by atomic mass is 9.70. The van der Waals surface area contributed by atoms with Crippen LogP contribution in [-0.2, 0) is 23.9 Å². The topological polar surface area (TPSA) is 96.4 Å². The molecule has 5 rings (SSSR count). The van der Waals surface area contributed by atoms with E-state index in [1.54, 1.807) is 22.8 Å². The molecule has 3 saturated heterocycles. The fourth-order valence-corrected chi connectivity index (χ4v) is 6.52. The van der Waals surface area contributed by atoms with Crippen molar-refractivity contribution in [3.63, 3.8) is 0 Å². The maximum absolute atomic E-state index is 14.4.